The Morgan fingerprint density at radius 1 is 0.741 bits per heavy atom. The zero-order valence-corrected chi connectivity index (χ0v) is 17.7. The van der Waals surface area contributed by atoms with E-state index in [1.165, 1.54) is 57.8 Å². The Hall–Kier alpha value is -0.920. The summed E-state index contributed by atoms with van der Waals surface area (Å²) in [6, 6.07) is 3.71. The molecule has 0 bridgehead atoms. The maximum Gasteiger partial charge on any atom is 0.162 e. The molecule has 0 radical (unpaired) electrons. The van der Waals surface area contributed by atoms with Crippen LogP contribution in [0.2, 0.25) is 0 Å². The van der Waals surface area contributed by atoms with Gasteiger partial charge in [-0.1, -0.05) is 83.8 Å². The molecule has 1 aromatic carbocycles. The molecule has 0 aromatic heterocycles. The fourth-order valence-electron chi connectivity index (χ4n) is 4.65. The molecule has 1 aliphatic rings. The zero-order chi connectivity index (χ0) is 19.5. The highest BCUT2D eigenvalue weighted by atomic mass is 19.2. The lowest BCUT2D eigenvalue weighted by Gasteiger charge is -2.29. The van der Waals surface area contributed by atoms with Crippen molar-refractivity contribution in [2.75, 3.05) is 0 Å². The Labute approximate surface area is 166 Å². The molecule has 0 spiro atoms. The highest BCUT2D eigenvalue weighted by molar-refractivity contribution is 5.29. The van der Waals surface area contributed by atoms with Crippen LogP contribution < -0.4 is 0 Å². The summed E-state index contributed by atoms with van der Waals surface area (Å²) in [4.78, 5) is 0. The lowest BCUT2D eigenvalue weighted by Crippen LogP contribution is -2.15. The smallest absolute Gasteiger partial charge is 0.162 e. The molecule has 0 nitrogen and oxygen atoms in total. The van der Waals surface area contributed by atoms with Gasteiger partial charge in [0.1, 0.15) is 0 Å². The third-order valence-corrected chi connectivity index (χ3v) is 6.49. The van der Waals surface area contributed by atoms with Gasteiger partial charge >= 0.3 is 0 Å². The van der Waals surface area contributed by atoms with Crippen molar-refractivity contribution in [2.45, 2.75) is 116 Å². The van der Waals surface area contributed by atoms with Crippen LogP contribution in [0.4, 0.5) is 8.78 Å². The molecule has 0 amide bonds. The molecule has 1 aromatic rings. The number of unbranched alkanes of at least 4 members (excludes halogenated alkanes) is 7. The monoisotopic (exact) mass is 378 g/mol. The van der Waals surface area contributed by atoms with Crippen LogP contribution in [-0.4, -0.2) is 0 Å². The lowest BCUT2D eigenvalue weighted by molar-refractivity contribution is 0.296. The van der Waals surface area contributed by atoms with E-state index in [1.54, 1.807) is 0 Å². The predicted octanol–water partition coefficient (Wildman–Crippen LogP) is 8.72. The molecule has 1 aliphatic carbocycles. The van der Waals surface area contributed by atoms with Crippen molar-refractivity contribution in [1.82, 2.24) is 0 Å². The molecule has 0 heterocycles. The van der Waals surface area contributed by atoms with Crippen LogP contribution in [0.5, 0.6) is 0 Å². The molecule has 0 unspecified atom stereocenters. The van der Waals surface area contributed by atoms with Crippen LogP contribution in [0.1, 0.15) is 121 Å². The van der Waals surface area contributed by atoms with Gasteiger partial charge in [0, 0.05) is 0 Å². The standard InChI is InChI=1S/C25H40F2/c1-3-5-7-8-9-11-12-20-14-16-21(17-15-20)23-19-18-22(13-10-6-4-2)24(26)25(23)27/h18-21H,3-17H2,1-2H3. The molecule has 0 N–H and O–H groups in total. The Morgan fingerprint density at radius 2 is 1.37 bits per heavy atom. The minimum Gasteiger partial charge on any atom is -0.203 e. The van der Waals surface area contributed by atoms with E-state index in [2.05, 4.69) is 13.8 Å². The number of halogens is 2. The van der Waals surface area contributed by atoms with Gasteiger partial charge < -0.3 is 0 Å². The van der Waals surface area contributed by atoms with Gasteiger partial charge in [0.2, 0.25) is 0 Å². The fraction of sp³-hybridized carbons (Fsp3) is 0.760. The van der Waals surface area contributed by atoms with E-state index in [9.17, 15) is 8.78 Å². The van der Waals surface area contributed by atoms with Crippen LogP contribution >= 0.6 is 0 Å². The average Bonchev–Trinajstić information content (AvgIpc) is 2.69. The molecule has 0 aliphatic heterocycles. The zero-order valence-electron chi connectivity index (χ0n) is 17.7. The summed E-state index contributed by atoms with van der Waals surface area (Å²) in [7, 11) is 0. The quantitative estimate of drug-likeness (QED) is 0.319. The molecule has 2 heteroatoms. The number of hydrogen-bond donors (Lipinski definition) is 0. The normalized spacial score (nSPS) is 20.1. The SMILES string of the molecule is CCCCCCCCC1CCC(c2ccc(CCCCC)c(F)c2F)CC1. The third-order valence-electron chi connectivity index (χ3n) is 6.49. The lowest BCUT2D eigenvalue weighted by atomic mass is 9.76. The van der Waals surface area contributed by atoms with E-state index in [0.717, 1.165) is 38.0 Å². The summed E-state index contributed by atoms with van der Waals surface area (Å²) in [5, 5.41) is 0. The van der Waals surface area contributed by atoms with Crippen LogP contribution in [0, 0.1) is 17.6 Å². The van der Waals surface area contributed by atoms with Gasteiger partial charge in [0.25, 0.3) is 0 Å². The minimum atomic E-state index is -0.585. The first-order valence-corrected chi connectivity index (χ1v) is 11.6. The summed E-state index contributed by atoms with van der Waals surface area (Å²) in [6.45, 7) is 4.38. The van der Waals surface area contributed by atoms with E-state index in [4.69, 9.17) is 0 Å². The summed E-state index contributed by atoms with van der Waals surface area (Å²) >= 11 is 0. The molecule has 1 saturated carbocycles. The summed E-state index contributed by atoms with van der Waals surface area (Å²) in [5.41, 5.74) is 1.19. The molecule has 2 rings (SSSR count). The molecular weight excluding hydrogens is 338 g/mol. The van der Waals surface area contributed by atoms with E-state index in [0.29, 0.717) is 17.5 Å². The summed E-state index contributed by atoms with van der Waals surface area (Å²) in [5.74, 6) is -0.139. The topological polar surface area (TPSA) is 0 Å². The van der Waals surface area contributed by atoms with Gasteiger partial charge in [-0.25, -0.2) is 8.78 Å². The van der Waals surface area contributed by atoms with E-state index in [-0.39, 0.29) is 5.92 Å². The van der Waals surface area contributed by atoms with Crippen molar-refractivity contribution < 1.29 is 8.78 Å². The highest BCUT2D eigenvalue weighted by Gasteiger charge is 2.26. The van der Waals surface area contributed by atoms with Crippen molar-refractivity contribution in [1.29, 1.82) is 0 Å². The molecule has 154 valence electrons. The number of aryl methyl sites for hydroxylation is 1. The number of rotatable bonds is 12. The number of hydrogen-bond acceptors (Lipinski definition) is 0. The maximum atomic E-state index is 14.6. The van der Waals surface area contributed by atoms with E-state index >= 15 is 0 Å². The predicted molar refractivity (Wildman–Crippen MR) is 112 cm³/mol. The van der Waals surface area contributed by atoms with Gasteiger partial charge in [-0.3, -0.25) is 0 Å². The Balaban J connectivity index is 1.77. The van der Waals surface area contributed by atoms with Crippen LogP contribution in [0.15, 0.2) is 12.1 Å². The molecule has 1 fully saturated rings. The van der Waals surface area contributed by atoms with Crippen molar-refractivity contribution in [3.8, 4) is 0 Å². The second-order valence-electron chi connectivity index (χ2n) is 8.67. The first-order valence-electron chi connectivity index (χ1n) is 11.6. The first-order chi connectivity index (χ1) is 13.2. The largest absolute Gasteiger partial charge is 0.203 e. The van der Waals surface area contributed by atoms with E-state index in [1.807, 2.05) is 12.1 Å². The Bertz CT molecular complexity index is 529. The van der Waals surface area contributed by atoms with Gasteiger partial charge in [-0.2, -0.15) is 0 Å². The average molecular weight is 379 g/mol. The second-order valence-corrected chi connectivity index (χ2v) is 8.67. The third kappa shape index (κ3) is 7.20. The van der Waals surface area contributed by atoms with Gasteiger partial charge in [-0.15, -0.1) is 0 Å². The Kier molecular flexibility index (Phi) is 10.4. The van der Waals surface area contributed by atoms with Crippen molar-refractivity contribution in [2.24, 2.45) is 5.92 Å². The van der Waals surface area contributed by atoms with Crippen molar-refractivity contribution in [3.05, 3.63) is 34.9 Å². The van der Waals surface area contributed by atoms with Crippen LogP contribution in [0.3, 0.4) is 0 Å². The summed E-state index contributed by atoms with van der Waals surface area (Å²) < 4.78 is 29.1. The fourth-order valence-corrected chi connectivity index (χ4v) is 4.65. The number of benzene rings is 1. The van der Waals surface area contributed by atoms with Crippen molar-refractivity contribution in [3.63, 3.8) is 0 Å². The minimum absolute atomic E-state index is 0.213. The maximum absolute atomic E-state index is 14.6. The van der Waals surface area contributed by atoms with E-state index < -0.39 is 11.6 Å². The molecular formula is C25H40F2. The molecule has 0 saturated heterocycles. The van der Waals surface area contributed by atoms with Gasteiger partial charge in [0.05, 0.1) is 0 Å². The molecule has 0 atom stereocenters. The molecule has 27 heavy (non-hydrogen) atoms. The van der Waals surface area contributed by atoms with Crippen LogP contribution in [0.25, 0.3) is 0 Å². The van der Waals surface area contributed by atoms with Gasteiger partial charge in [0.15, 0.2) is 11.6 Å². The van der Waals surface area contributed by atoms with Gasteiger partial charge in [-0.05, 0) is 61.5 Å². The van der Waals surface area contributed by atoms with Crippen molar-refractivity contribution >= 4 is 0 Å². The highest BCUT2D eigenvalue weighted by Crippen LogP contribution is 2.39. The first kappa shape index (κ1) is 22.4. The summed E-state index contributed by atoms with van der Waals surface area (Å²) in [6.07, 6.45) is 17.6. The Morgan fingerprint density at radius 3 is 2.07 bits per heavy atom. The van der Waals surface area contributed by atoms with Crippen LogP contribution in [-0.2, 0) is 6.42 Å². The second kappa shape index (κ2) is 12.5.